The van der Waals surface area contributed by atoms with Gasteiger partial charge in [-0.25, -0.2) is 4.98 Å². The van der Waals surface area contributed by atoms with Gasteiger partial charge in [-0.15, -0.1) is 0 Å². The molecule has 5 heteroatoms. The van der Waals surface area contributed by atoms with Crippen molar-refractivity contribution in [1.29, 1.82) is 0 Å². The zero-order valence-electron chi connectivity index (χ0n) is 14.7. The van der Waals surface area contributed by atoms with Gasteiger partial charge in [0.2, 0.25) is 5.91 Å². The van der Waals surface area contributed by atoms with Crippen molar-refractivity contribution in [2.75, 3.05) is 6.54 Å². The van der Waals surface area contributed by atoms with Crippen LogP contribution in [0.3, 0.4) is 0 Å². The Balaban J connectivity index is 1.74. The van der Waals surface area contributed by atoms with E-state index in [-0.39, 0.29) is 28.7 Å². The molecule has 1 aliphatic carbocycles. The lowest BCUT2D eigenvalue weighted by atomic mass is 9.97. The summed E-state index contributed by atoms with van der Waals surface area (Å²) in [5.41, 5.74) is 3.00. The summed E-state index contributed by atoms with van der Waals surface area (Å²) in [4.78, 5) is 27.6. The molecule has 1 aliphatic heterocycles. The third-order valence-electron chi connectivity index (χ3n) is 6.44. The second kappa shape index (κ2) is 4.91. The van der Waals surface area contributed by atoms with E-state index >= 15 is 0 Å². The molecule has 0 unspecified atom stereocenters. The van der Waals surface area contributed by atoms with Crippen LogP contribution in [0.1, 0.15) is 50.8 Å². The molecule has 2 aliphatic rings. The van der Waals surface area contributed by atoms with Gasteiger partial charge in [0.15, 0.2) is 0 Å². The minimum absolute atomic E-state index is 0.0323. The Labute approximate surface area is 142 Å². The minimum atomic E-state index is -0.194. The molecular weight excluding hydrogens is 300 g/mol. The highest BCUT2D eigenvalue weighted by Crippen LogP contribution is 2.69. The van der Waals surface area contributed by atoms with Gasteiger partial charge >= 0.3 is 0 Å². The molecule has 0 bridgehead atoms. The van der Waals surface area contributed by atoms with E-state index in [4.69, 9.17) is 0 Å². The van der Waals surface area contributed by atoms with Crippen LogP contribution < -0.4 is 0 Å². The fourth-order valence-corrected chi connectivity index (χ4v) is 4.33. The molecular formula is C19H24N4O. The van der Waals surface area contributed by atoms with Crippen LogP contribution in [0.15, 0.2) is 30.7 Å². The molecule has 1 amide bonds. The van der Waals surface area contributed by atoms with Gasteiger partial charge in [-0.05, 0) is 23.0 Å². The third-order valence-corrected chi connectivity index (χ3v) is 6.44. The number of imidazole rings is 1. The zero-order chi connectivity index (χ0) is 17.1. The summed E-state index contributed by atoms with van der Waals surface area (Å²) < 4.78 is 0. The lowest BCUT2D eigenvalue weighted by Gasteiger charge is -2.35. The molecule has 0 saturated heterocycles. The quantitative estimate of drug-likeness (QED) is 0.924. The Morgan fingerprint density at radius 2 is 1.96 bits per heavy atom. The highest BCUT2D eigenvalue weighted by Gasteiger charge is 2.69. The van der Waals surface area contributed by atoms with Crippen LogP contribution in [0.4, 0.5) is 0 Å². The predicted octanol–water partition coefficient (Wildman–Crippen LogP) is 2.96. The maximum absolute atomic E-state index is 13.4. The lowest BCUT2D eigenvalue weighted by molar-refractivity contribution is -0.136. The van der Waals surface area contributed by atoms with E-state index in [2.05, 4.69) is 42.6 Å². The number of pyridine rings is 1. The second-order valence-corrected chi connectivity index (χ2v) is 8.08. The van der Waals surface area contributed by atoms with E-state index in [9.17, 15) is 4.79 Å². The van der Waals surface area contributed by atoms with Crippen LogP contribution in [-0.2, 0) is 11.2 Å². The average Bonchev–Trinajstić information content (AvgIpc) is 2.89. The van der Waals surface area contributed by atoms with Crippen molar-refractivity contribution in [3.8, 4) is 0 Å². The van der Waals surface area contributed by atoms with E-state index in [1.807, 2.05) is 23.1 Å². The molecule has 2 aromatic rings. The first-order valence-corrected chi connectivity index (χ1v) is 8.59. The number of hydrogen-bond donors (Lipinski definition) is 1. The monoisotopic (exact) mass is 324 g/mol. The molecule has 2 aromatic heterocycles. The Kier molecular flexibility index (Phi) is 3.15. The van der Waals surface area contributed by atoms with Crippen molar-refractivity contribution in [1.82, 2.24) is 19.9 Å². The van der Waals surface area contributed by atoms with Crippen molar-refractivity contribution >= 4 is 5.91 Å². The van der Waals surface area contributed by atoms with Gasteiger partial charge in [-0.3, -0.25) is 9.78 Å². The Morgan fingerprint density at radius 1 is 1.21 bits per heavy atom. The normalized spacial score (nSPS) is 24.5. The van der Waals surface area contributed by atoms with Gasteiger partial charge in [-0.1, -0.05) is 33.8 Å². The van der Waals surface area contributed by atoms with Crippen LogP contribution in [0.5, 0.6) is 0 Å². The molecule has 0 spiro atoms. The summed E-state index contributed by atoms with van der Waals surface area (Å²) >= 11 is 0. The smallest absolute Gasteiger partial charge is 0.227 e. The summed E-state index contributed by atoms with van der Waals surface area (Å²) in [6.07, 6.45) is 4.32. The van der Waals surface area contributed by atoms with Crippen LogP contribution in [0.25, 0.3) is 0 Å². The number of amides is 1. The first-order chi connectivity index (χ1) is 11.4. The standard InChI is InChI=1S/C19H24N4O/c1-18(2)16(19(18,3)4)17(24)23-10-8-12-14(22-11-21-12)15(23)13-7-5-6-9-20-13/h5-7,9,11,15-16H,8,10H2,1-4H3,(H,21,22)/t15-/m1/s1. The Morgan fingerprint density at radius 3 is 2.58 bits per heavy atom. The van der Waals surface area contributed by atoms with Crippen molar-refractivity contribution in [3.05, 3.63) is 47.8 Å². The topological polar surface area (TPSA) is 61.9 Å². The third kappa shape index (κ3) is 1.96. The van der Waals surface area contributed by atoms with E-state index in [1.54, 1.807) is 12.5 Å². The first kappa shape index (κ1) is 15.4. The van der Waals surface area contributed by atoms with E-state index in [0.717, 1.165) is 23.5 Å². The summed E-state index contributed by atoms with van der Waals surface area (Å²) in [7, 11) is 0. The number of nitrogens with one attached hydrogen (secondary N) is 1. The highest BCUT2D eigenvalue weighted by atomic mass is 16.2. The Hall–Kier alpha value is -2.17. The molecule has 24 heavy (non-hydrogen) atoms. The molecule has 3 heterocycles. The summed E-state index contributed by atoms with van der Waals surface area (Å²) in [5.74, 6) is 0.283. The molecule has 126 valence electrons. The maximum atomic E-state index is 13.4. The summed E-state index contributed by atoms with van der Waals surface area (Å²) in [6.45, 7) is 9.47. The van der Waals surface area contributed by atoms with E-state index < -0.39 is 0 Å². The maximum Gasteiger partial charge on any atom is 0.227 e. The van der Waals surface area contributed by atoms with Crippen LogP contribution in [-0.4, -0.2) is 32.3 Å². The van der Waals surface area contributed by atoms with Crippen molar-refractivity contribution in [3.63, 3.8) is 0 Å². The van der Waals surface area contributed by atoms with Gasteiger partial charge in [0.05, 0.1) is 17.7 Å². The number of aromatic nitrogens is 3. The van der Waals surface area contributed by atoms with Crippen molar-refractivity contribution in [2.45, 2.75) is 40.2 Å². The number of nitrogens with zero attached hydrogens (tertiary/aromatic N) is 3. The van der Waals surface area contributed by atoms with E-state index in [0.29, 0.717) is 6.54 Å². The molecule has 1 atom stereocenters. The zero-order valence-corrected chi connectivity index (χ0v) is 14.7. The molecule has 1 N–H and O–H groups in total. The first-order valence-electron chi connectivity index (χ1n) is 8.59. The van der Waals surface area contributed by atoms with Gasteiger partial charge in [0, 0.05) is 30.8 Å². The molecule has 0 radical (unpaired) electrons. The molecule has 0 aromatic carbocycles. The fraction of sp³-hybridized carbons (Fsp3) is 0.526. The minimum Gasteiger partial charge on any atom is -0.348 e. The molecule has 4 rings (SSSR count). The Bertz CT molecular complexity index is 764. The van der Waals surface area contributed by atoms with Crippen molar-refractivity contribution < 1.29 is 4.79 Å². The number of H-pyrrole nitrogens is 1. The molecule has 1 saturated carbocycles. The van der Waals surface area contributed by atoms with Crippen LogP contribution >= 0.6 is 0 Å². The number of hydrogen-bond acceptors (Lipinski definition) is 3. The lowest BCUT2D eigenvalue weighted by Crippen LogP contribution is -2.42. The predicted molar refractivity (Wildman–Crippen MR) is 91.1 cm³/mol. The molecule has 1 fully saturated rings. The number of aromatic amines is 1. The number of rotatable bonds is 2. The summed E-state index contributed by atoms with van der Waals surface area (Å²) in [6, 6.07) is 5.66. The number of carbonyl (C=O) groups excluding carboxylic acids is 1. The average molecular weight is 324 g/mol. The van der Waals surface area contributed by atoms with Gasteiger partial charge in [0.25, 0.3) is 0 Å². The van der Waals surface area contributed by atoms with Crippen LogP contribution in [0, 0.1) is 16.7 Å². The second-order valence-electron chi connectivity index (χ2n) is 8.08. The fourth-order valence-electron chi connectivity index (χ4n) is 4.33. The van der Waals surface area contributed by atoms with Crippen LogP contribution in [0.2, 0.25) is 0 Å². The summed E-state index contributed by atoms with van der Waals surface area (Å²) in [5, 5.41) is 0. The van der Waals surface area contributed by atoms with Gasteiger partial charge in [-0.2, -0.15) is 0 Å². The number of fused-ring (bicyclic) bond motifs is 1. The largest absolute Gasteiger partial charge is 0.348 e. The number of carbonyl (C=O) groups is 1. The van der Waals surface area contributed by atoms with E-state index in [1.165, 1.54) is 0 Å². The van der Waals surface area contributed by atoms with Crippen molar-refractivity contribution in [2.24, 2.45) is 16.7 Å². The highest BCUT2D eigenvalue weighted by molar-refractivity contribution is 5.85. The van der Waals surface area contributed by atoms with Gasteiger partial charge in [0.1, 0.15) is 6.04 Å². The van der Waals surface area contributed by atoms with Gasteiger partial charge < -0.3 is 9.88 Å². The molecule has 5 nitrogen and oxygen atoms in total. The SMILES string of the molecule is CC1(C)C(C(=O)N2CCc3[nH]cnc3[C@H]2c2ccccn2)C1(C)C.